The van der Waals surface area contributed by atoms with Gasteiger partial charge in [0.2, 0.25) is 0 Å². The van der Waals surface area contributed by atoms with Gasteiger partial charge in [0.25, 0.3) is 0 Å². The summed E-state index contributed by atoms with van der Waals surface area (Å²) in [6, 6.07) is 10.1. The Bertz CT molecular complexity index is 298. The smallest absolute Gasteiger partial charge is 0.303 e. The highest BCUT2D eigenvalue weighted by Gasteiger charge is 1.96. The van der Waals surface area contributed by atoms with Crippen molar-refractivity contribution in [3.63, 3.8) is 0 Å². The van der Waals surface area contributed by atoms with E-state index < -0.39 is 5.97 Å². The molecule has 0 aliphatic carbocycles. The molecule has 16 heavy (non-hydrogen) atoms. The fraction of sp³-hybridized carbons (Fsp3) is 0.462. The molecule has 0 saturated heterocycles. The Hall–Kier alpha value is -1.51. The first-order chi connectivity index (χ1) is 7.79. The van der Waals surface area contributed by atoms with Crippen LogP contribution >= 0.6 is 0 Å². The Labute approximate surface area is 96.5 Å². The highest BCUT2D eigenvalue weighted by atomic mass is 16.4. The molecule has 1 aromatic carbocycles. The van der Waals surface area contributed by atoms with Crippen molar-refractivity contribution in [3.05, 3.63) is 30.3 Å². The van der Waals surface area contributed by atoms with Gasteiger partial charge in [-0.2, -0.15) is 0 Å². The number of carboxylic acid groups (broad SMARTS) is 1. The van der Waals surface area contributed by atoms with Crippen LogP contribution in [-0.2, 0) is 4.79 Å². The average molecular weight is 221 g/mol. The maximum absolute atomic E-state index is 10.3. The van der Waals surface area contributed by atoms with Crippen LogP contribution in [0, 0.1) is 0 Å². The molecule has 0 atom stereocenters. The fourth-order valence-corrected chi connectivity index (χ4v) is 1.54. The van der Waals surface area contributed by atoms with E-state index in [2.05, 4.69) is 5.32 Å². The van der Waals surface area contributed by atoms with E-state index in [0.29, 0.717) is 6.42 Å². The summed E-state index contributed by atoms with van der Waals surface area (Å²) >= 11 is 0. The van der Waals surface area contributed by atoms with Crippen LogP contribution in [0.15, 0.2) is 30.3 Å². The van der Waals surface area contributed by atoms with Gasteiger partial charge in [-0.25, -0.2) is 0 Å². The second-order valence-corrected chi connectivity index (χ2v) is 3.85. The number of carboxylic acids is 1. The topological polar surface area (TPSA) is 49.3 Å². The lowest BCUT2D eigenvalue weighted by molar-refractivity contribution is -0.137. The number of benzene rings is 1. The Balaban J connectivity index is 1.94. The number of unbranched alkanes of at least 4 members (excludes halogenated alkanes) is 3. The summed E-state index contributed by atoms with van der Waals surface area (Å²) in [5.41, 5.74) is 1.15. The molecule has 0 aliphatic rings. The van der Waals surface area contributed by atoms with Gasteiger partial charge in [0, 0.05) is 18.7 Å². The van der Waals surface area contributed by atoms with Gasteiger partial charge in [0.1, 0.15) is 0 Å². The number of hydrogen-bond acceptors (Lipinski definition) is 2. The standard InChI is InChI=1S/C13H19NO2/c15-13(16)10-6-1-2-7-11-14-12-8-4-3-5-9-12/h3-5,8-9,14H,1-2,6-7,10-11H2,(H,15,16). The first kappa shape index (κ1) is 12.6. The van der Waals surface area contributed by atoms with Gasteiger partial charge in [0.05, 0.1) is 0 Å². The molecule has 0 spiro atoms. The molecule has 3 nitrogen and oxygen atoms in total. The first-order valence-electron chi connectivity index (χ1n) is 5.80. The predicted octanol–water partition coefficient (Wildman–Crippen LogP) is 3.13. The lowest BCUT2D eigenvalue weighted by Crippen LogP contribution is -2.01. The number of nitrogens with one attached hydrogen (secondary N) is 1. The molecular formula is C13H19NO2. The van der Waals surface area contributed by atoms with E-state index in [0.717, 1.165) is 37.9 Å². The molecule has 0 bridgehead atoms. The van der Waals surface area contributed by atoms with Crippen LogP contribution in [0.4, 0.5) is 5.69 Å². The maximum Gasteiger partial charge on any atom is 0.303 e. The first-order valence-corrected chi connectivity index (χ1v) is 5.80. The molecule has 1 rings (SSSR count). The van der Waals surface area contributed by atoms with Crippen LogP contribution in [0.25, 0.3) is 0 Å². The molecule has 0 aliphatic heterocycles. The maximum atomic E-state index is 10.3. The van der Waals surface area contributed by atoms with Gasteiger partial charge >= 0.3 is 5.97 Å². The van der Waals surface area contributed by atoms with Crippen LogP contribution in [-0.4, -0.2) is 17.6 Å². The van der Waals surface area contributed by atoms with E-state index in [1.54, 1.807) is 0 Å². The number of carbonyl (C=O) groups is 1. The van der Waals surface area contributed by atoms with Crippen molar-refractivity contribution in [2.75, 3.05) is 11.9 Å². The second-order valence-electron chi connectivity index (χ2n) is 3.85. The van der Waals surface area contributed by atoms with Gasteiger partial charge in [-0.1, -0.05) is 31.0 Å². The van der Waals surface area contributed by atoms with Crippen molar-refractivity contribution < 1.29 is 9.90 Å². The number of anilines is 1. The fourth-order valence-electron chi connectivity index (χ4n) is 1.54. The van der Waals surface area contributed by atoms with Crippen molar-refractivity contribution in [2.45, 2.75) is 32.1 Å². The SMILES string of the molecule is O=C(O)CCCCCCNc1ccccc1. The Morgan fingerprint density at radius 1 is 1.06 bits per heavy atom. The molecule has 2 N–H and O–H groups in total. The minimum absolute atomic E-state index is 0.298. The summed E-state index contributed by atoms with van der Waals surface area (Å²) in [6.07, 6.45) is 4.27. The number of para-hydroxylation sites is 1. The summed E-state index contributed by atoms with van der Waals surface area (Å²) in [6.45, 7) is 0.955. The van der Waals surface area contributed by atoms with Gasteiger partial charge < -0.3 is 10.4 Å². The van der Waals surface area contributed by atoms with Crippen LogP contribution < -0.4 is 5.32 Å². The molecule has 0 unspecified atom stereocenters. The van der Waals surface area contributed by atoms with E-state index in [1.165, 1.54) is 0 Å². The summed E-state index contributed by atoms with van der Waals surface area (Å²) in [5, 5.41) is 11.8. The highest BCUT2D eigenvalue weighted by molar-refractivity contribution is 5.66. The third-order valence-corrected chi connectivity index (χ3v) is 2.42. The normalized spacial score (nSPS) is 10.0. The molecule has 0 aromatic heterocycles. The van der Waals surface area contributed by atoms with Crippen molar-refractivity contribution in [3.8, 4) is 0 Å². The van der Waals surface area contributed by atoms with Gasteiger partial charge in [-0.05, 0) is 25.0 Å². The van der Waals surface area contributed by atoms with Gasteiger partial charge in [-0.15, -0.1) is 0 Å². The van der Waals surface area contributed by atoms with Gasteiger partial charge in [0.15, 0.2) is 0 Å². The minimum atomic E-state index is -0.692. The van der Waals surface area contributed by atoms with Crippen molar-refractivity contribution >= 4 is 11.7 Å². The van der Waals surface area contributed by atoms with Crippen molar-refractivity contribution in [1.82, 2.24) is 0 Å². The van der Waals surface area contributed by atoms with Crippen LogP contribution in [0.5, 0.6) is 0 Å². The summed E-state index contributed by atoms with van der Waals surface area (Å²) in [4.78, 5) is 10.3. The molecule has 0 saturated carbocycles. The van der Waals surface area contributed by atoms with E-state index >= 15 is 0 Å². The quantitative estimate of drug-likeness (QED) is 0.663. The highest BCUT2D eigenvalue weighted by Crippen LogP contribution is 2.07. The molecule has 0 amide bonds. The summed E-state index contributed by atoms with van der Waals surface area (Å²) < 4.78 is 0. The molecular weight excluding hydrogens is 202 g/mol. The minimum Gasteiger partial charge on any atom is -0.481 e. The molecule has 88 valence electrons. The molecule has 3 heteroatoms. The lowest BCUT2D eigenvalue weighted by Gasteiger charge is -2.05. The summed E-state index contributed by atoms with van der Waals surface area (Å²) in [5.74, 6) is -0.692. The van der Waals surface area contributed by atoms with E-state index in [1.807, 2.05) is 30.3 Å². The monoisotopic (exact) mass is 221 g/mol. The predicted molar refractivity (Wildman–Crippen MR) is 65.7 cm³/mol. The van der Waals surface area contributed by atoms with E-state index in [4.69, 9.17) is 5.11 Å². The van der Waals surface area contributed by atoms with E-state index in [-0.39, 0.29) is 0 Å². The molecule has 0 fully saturated rings. The average Bonchev–Trinajstić information content (AvgIpc) is 2.29. The Morgan fingerprint density at radius 2 is 1.75 bits per heavy atom. The van der Waals surface area contributed by atoms with Crippen LogP contribution in [0.3, 0.4) is 0 Å². The van der Waals surface area contributed by atoms with E-state index in [9.17, 15) is 4.79 Å². The van der Waals surface area contributed by atoms with Gasteiger partial charge in [-0.3, -0.25) is 4.79 Å². The second kappa shape index (κ2) is 7.74. The Morgan fingerprint density at radius 3 is 2.44 bits per heavy atom. The zero-order valence-electron chi connectivity index (χ0n) is 9.48. The van der Waals surface area contributed by atoms with Crippen LogP contribution in [0.2, 0.25) is 0 Å². The van der Waals surface area contributed by atoms with Crippen molar-refractivity contribution in [1.29, 1.82) is 0 Å². The number of hydrogen-bond donors (Lipinski definition) is 2. The lowest BCUT2D eigenvalue weighted by atomic mass is 10.1. The molecule has 0 heterocycles. The largest absolute Gasteiger partial charge is 0.481 e. The molecule has 1 aromatic rings. The van der Waals surface area contributed by atoms with Crippen molar-refractivity contribution in [2.24, 2.45) is 0 Å². The number of rotatable bonds is 8. The third-order valence-electron chi connectivity index (χ3n) is 2.42. The number of aliphatic carboxylic acids is 1. The zero-order chi connectivity index (χ0) is 11.6. The Kier molecular flexibility index (Phi) is 6.07. The van der Waals surface area contributed by atoms with Crippen LogP contribution in [0.1, 0.15) is 32.1 Å². The zero-order valence-corrected chi connectivity index (χ0v) is 9.48. The summed E-state index contributed by atoms with van der Waals surface area (Å²) in [7, 11) is 0. The molecule has 0 radical (unpaired) electrons. The third kappa shape index (κ3) is 6.06.